The molecule has 1 heterocycles. The molecule has 5 nitrogen and oxygen atoms in total. The molecule has 8 heteroatoms. The molecule has 0 saturated heterocycles. The van der Waals surface area contributed by atoms with Crippen molar-refractivity contribution in [1.82, 2.24) is 4.98 Å². The maximum absolute atomic E-state index is 12.2. The normalized spacial score (nSPS) is 11.2. The van der Waals surface area contributed by atoms with Gasteiger partial charge in [0.15, 0.2) is 5.43 Å². The Kier molecular flexibility index (Phi) is 4.57. The van der Waals surface area contributed by atoms with Gasteiger partial charge in [0.1, 0.15) is 0 Å². The average molecular weight is 279 g/mol. The molecule has 0 aliphatic rings. The number of halogens is 3. The van der Waals surface area contributed by atoms with Crippen LogP contribution in [0.15, 0.2) is 10.9 Å². The van der Waals surface area contributed by atoms with E-state index in [1.807, 2.05) is 0 Å². The number of aromatic nitrogens is 1. The van der Waals surface area contributed by atoms with Crippen LogP contribution in [-0.4, -0.2) is 23.9 Å². The Balaban J connectivity index is 3.13. The Labute approximate surface area is 106 Å². The molecule has 0 aliphatic heterocycles. The highest BCUT2D eigenvalue weighted by atomic mass is 19.4. The van der Waals surface area contributed by atoms with Crippen LogP contribution in [0.2, 0.25) is 0 Å². The highest BCUT2D eigenvalue weighted by Crippen LogP contribution is 2.23. The molecule has 0 aromatic carbocycles. The molecule has 0 fully saturated rings. The quantitative estimate of drug-likeness (QED) is 0.851. The number of ether oxygens (including phenoxy) is 2. The minimum atomic E-state index is -4.96. The molecule has 19 heavy (non-hydrogen) atoms. The molecule has 1 aromatic heterocycles. The van der Waals surface area contributed by atoms with E-state index in [1.54, 1.807) is 6.92 Å². The van der Waals surface area contributed by atoms with Gasteiger partial charge < -0.3 is 14.5 Å². The van der Waals surface area contributed by atoms with Crippen molar-refractivity contribution in [2.75, 3.05) is 6.61 Å². The summed E-state index contributed by atoms with van der Waals surface area (Å²) in [6.45, 7) is 3.02. The predicted octanol–water partition coefficient (Wildman–Crippen LogP) is 1.69. The van der Waals surface area contributed by atoms with Crippen molar-refractivity contribution in [3.63, 3.8) is 0 Å². The van der Waals surface area contributed by atoms with Crippen molar-refractivity contribution in [3.8, 4) is 5.88 Å². The van der Waals surface area contributed by atoms with Crippen LogP contribution < -0.4 is 10.2 Å². The Morgan fingerprint density at radius 3 is 2.58 bits per heavy atom. The van der Waals surface area contributed by atoms with E-state index in [0.29, 0.717) is 0 Å². The molecule has 1 aromatic rings. The van der Waals surface area contributed by atoms with Gasteiger partial charge in [-0.15, -0.1) is 13.2 Å². The van der Waals surface area contributed by atoms with Gasteiger partial charge in [-0.05, 0) is 13.8 Å². The zero-order chi connectivity index (χ0) is 14.6. The van der Waals surface area contributed by atoms with Gasteiger partial charge in [-0.3, -0.25) is 9.59 Å². The van der Waals surface area contributed by atoms with Gasteiger partial charge in [0.2, 0.25) is 5.88 Å². The molecule has 1 N–H and O–H groups in total. The zero-order valence-electron chi connectivity index (χ0n) is 10.3. The highest BCUT2D eigenvalue weighted by molar-refractivity contribution is 5.73. The van der Waals surface area contributed by atoms with Crippen molar-refractivity contribution in [2.24, 2.45) is 0 Å². The third kappa shape index (κ3) is 4.65. The van der Waals surface area contributed by atoms with Crippen molar-refractivity contribution in [3.05, 3.63) is 27.5 Å². The van der Waals surface area contributed by atoms with Crippen molar-refractivity contribution in [1.29, 1.82) is 0 Å². The summed E-state index contributed by atoms with van der Waals surface area (Å²) < 4.78 is 44.9. The third-order valence-corrected chi connectivity index (χ3v) is 2.07. The summed E-state index contributed by atoms with van der Waals surface area (Å²) in [5, 5.41) is 0. The molecule has 106 valence electrons. The number of nitrogens with one attached hydrogen (secondary N) is 1. The van der Waals surface area contributed by atoms with E-state index in [1.165, 1.54) is 6.92 Å². The number of hydrogen-bond acceptors (Lipinski definition) is 4. The van der Waals surface area contributed by atoms with Gasteiger partial charge in [0.25, 0.3) is 0 Å². The SMILES string of the molecule is CCOC(=O)Cc1c(OC(F)(F)F)[nH]c(C)cc1=O. The fraction of sp³-hybridized carbons (Fsp3) is 0.455. The number of aromatic amines is 1. The molecular weight excluding hydrogens is 267 g/mol. The molecule has 0 amide bonds. The number of hydrogen-bond donors (Lipinski definition) is 1. The van der Waals surface area contributed by atoms with E-state index in [2.05, 4.69) is 14.5 Å². The number of rotatable bonds is 4. The van der Waals surface area contributed by atoms with Gasteiger partial charge in [0.05, 0.1) is 18.6 Å². The smallest absolute Gasteiger partial charge is 0.466 e. The first-order chi connectivity index (χ1) is 8.73. The summed E-state index contributed by atoms with van der Waals surface area (Å²) in [5.74, 6) is -1.59. The van der Waals surface area contributed by atoms with Gasteiger partial charge >= 0.3 is 12.3 Å². The Morgan fingerprint density at radius 2 is 2.05 bits per heavy atom. The number of esters is 1. The molecule has 0 atom stereocenters. The number of carbonyl (C=O) groups is 1. The molecule has 0 bridgehead atoms. The molecule has 0 unspecified atom stereocenters. The second kappa shape index (κ2) is 5.77. The van der Waals surface area contributed by atoms with E-state index < -0.39 is 35.6 Å². The van der Waals surface area contributed by atoms with Crippen LogP contribution in [-0.2, 0) is 16.0 Å². The van der Waals surface area contributed by atoms with E-state index in [4.69, 9.17) is 0 Å². The van der Waals surface area contributed by atoms with Crippen molar-refractivity contribution in [2.45, 2.75) is 26.6 Å². The second-order valence-electron chi connectivity index (χ2n) is 3.65. The maximum Gasteiger partial charge on any atom is 0.574 e. The predicted molar refractivity (Wildman–Crippen MR) is 58.8 cm³/mol. The van der Waals surface area contributed by atoms with E-state index in [9.17, 15) is 22.8 Å². The first kappa shape index (κ1) is 15.1. The van der Waals surface area contributed by atoms with E-state index in [-0.39, 0.29) is 12.3 Å². The highest BCUT2D eigenvalue weighted by Gasteiger charge is 2.33. The summed E-state index contributed by atoms with van der Waals surface area (Å²) in [7, 11) is 0. The number of aryl methyl sites for hydroxylation is 1. The fourth-order valence-electron chi connectivity index (χ4n) is 1.41. The standard InChI is InChI=1S/C11H12F3NO4/c1-3-18-9(17)5-7-8(16)4-6(2)15-10(7)19-11(12,13)14/h4H,3,5H2,1-2H3,(H,15,16). The lowest BCUT2D eigenvalue weighted by atomic mass is 10.2. The Morgan fingerprint density at radius 1 is 1.42 bits per heavy atom. The molecular formula is C11H12F3NO4. The average Bonchev–Trinajstić information content (AvgIpc) is 2.21. The lowest BCUT2D eigenvalue weighted by Crippen LogP contribution is -2.24. The van der Waals surface area contributed by atoms with Gasteiger partial charge in [-0.25, -0.2) is 0 Å². The first-order valence-corrected chi connectivity index (χ1v) is 5.37. The van der Waals surface area contributed by atoms with E-state index >= 15 is 0 Å². The van der Waals surface area contributed by atoms with Crippen LogP contribution >= 0.6 is 0 Å². The molecule has 0 radical (unpaired) electrons. The maximum atomic E-state index is 12.2. The van der Waals surface area contributed by atoms with Gasteiger partial charge in [-0.1, -0.05) is 0 Å². The molecule has 0 spiro atoms. The number of alkyl halides is 3. The topological polar surface area (TPSA) is 68.4 Å². The largest absolute Gasteiger partial charge is 0.574 e. The fourth-order valence-corrected chi connectivity index (χ4v) is 1.41. The van der Waals surface area contributed by atoms with E-state index in [0.717, 1.165) is 6.07 Å². The third-order valence-electron chi connectivity index (χ3n) is 2.07. The molecule has 0 saturated carbocycles. The molecule has 0 aliphatic carbocycles. The summed E-state index contributed by atoms with van der Waals surface area (Å²) in [4.78, 5) is 25.1. The second-order valence-corrected chi connectivity index (χ2v) is 3.65. The Bertz CT molecular complexity index is 522. The number of carbonyl (C=O) groups excluding carboxylic acids is 1. The Hall–Kier alpha value is -1.99. The first-order valence-electron chi connectivity index (χ1n) is 5.37. The van der Waals surface area contributed by atoms with Crippen molar-refractivity contribution < 1.29 is 27.4 Å². The minimum Gasteiger partial charge on any atom is -0.466 e. The molecule has 1 rings (SSSR count). The van der Waals surface area contributed by atoms with Crippen molar-refractivity contribution >= 4 is 5.97 Å². The van der Waals surface area contributed by atoms with Crippen LogP contribution in [0.25, 0.3) is 0 Å². The van der Waals surface area contributed by atoms with Crippen LogP contribution in [0.1, 0.15) is 18.2 Å². The monoisotopic (exact) mass is 279 g/mol. The minimum absolute atomic E-state index is 0.0675. The summed E-state index contributed by atoms with van der Waals surface area (Å²) in [6.07, 6.45) is -5.55. The summed E-state index contributed by atoms with van der Waals surface area (Å²) >= 11 is 0. The lowest BCUT2D eigenvalue weighted by molar-refractivity contribution is -0.276. The van der Waals surface area contributed by atoms with Gasteiger partial charge in [0, 0.05) is 11.8 Å². The van der Waals surface area contributed by atoms with Crippen LogP contribution in [0.5, 0.6) is 5.88 Å². The number of pyridine rings is 1. The number of H-pyrrole nitrogens is 1. The van der Waals surface area contributed by atoms with Crippen LogP contribution in [0.3, 0.4) is 0 Å². The van der Waals surface area contributed by atoms with Crippen LogP contribution in [0.4, 0.5) is 13.2 Å². The zero-order valence-corrected chi connectivity index (χ0v) is 10.3. The lowest BCUT2D eigenvalue weighted by Gasteiger charge is -2.13. The summed E-state index contributed by atoms with van der Waals surface area (Å²) in [5.41, 5.74) is -0.943. The summed E-state index contributed by atoms with van der Waals surface area (Å²) in [6, 6.07) is 1.08. The van der Waals surface area contributed by atoms with Crippen LogP contribution in [0, 0.1) is 6.92 Å². The van der Waals surface area contributed by atoms with Gasteiger partial charge in [-0.2, -0.15) is 0 Å².